The lowest BCUT2D eigenvalue weighted by atomic mass is 9.94. The minimum absolute atomic E-state index is 0.0245. The average Bonchev–Trinajstić information content (AvgIpc) is 2.73. The third-order valence-corrected chi connectivity index (χ3v) is 4.99. The molecule has 4 aromatic rings. The van der Waals surface area contributed by atoms with E-state index in [0.29, 0.717) is 16.7 Å². The SMILES string of the molecule is Cc1c(-c2ccccc2)c2cc(C(=O)c3ccccc3)ccc2n(C)c1=O. The van der Waals surface area contributed by atoms with E-state index < -0.39 is 0 Å². The van der Waals surface area contributed by atoms with Gasteiger partial charge in [0.25, 0.3) is 5.56 Å². The number of benzene rings is 3. The fraction of sp³-hybridized carbons (Fsp3) is 0.0833. The highest BCUT2D eigenvalue weighted by Gasteiger charge is 2.16. The molecule has 0 bridgehead atoms. The number of hydrogen-bond donors (Lipinski definition) is 0. The van der Waals surface area contributed by atoms with E-state index in [4.69, 9.17) is 0 Å². The van der Waals surface area contributed by atoms with Gasteiger partial charge in [0.05, 0.1) is 5.52 Å². The summed E-state index contributed by atoms with van der Waals surface area (Å²) in [4.78, 5) is 25.6. The van der Waals surface area contributed by atoms with E-state index in [0.717, 1.165) is 22.0 Å². The smallest absolute Gasteiger partial charge is 0.254 e. The molecule has 1 heterocycles. The lowest BCUT2D eigenvalue weighted by Crippen LogP contribution is -2.21. The normalized spacial score (nSPS) is 10.9. The fourth-order valence-corrected chi connectivity index (χ4v) is 3.57. The number of fused-ring (bicyclic) bond motifs is 1. The molecular formula is C24H19NO2. The molecule has 0 aliphatic rings. The Hall–Kier alpha value is -3.46. The van der Waals surface area contributed by atoms with Gasteiger partial charge in [0.1, 0.15) is 0 Å². The molecule has 3 nitrogen and oxygen atoms in total. The fourth-order valence-electron chi connectivity index (χ4n) is 3.57. The Morgan fingerprint density at radius 1 is 0.815 bits per heavy atom. The largest absolute Gasteiger partial charge is 0.311 e. The molecule has 3 heteroatoms. The second-order valence-corrected chi connectivity index (χ2v) is 6.66. The molecule has 1 aromatic heterocycles. The van der Waals surface area contributed by atoms with Gasteiger partial charge in [-0.15, -0.1) is 0 Å². The molecule has 0 saturated carbocycles. The number of carbonyl (C=O) groups is 1. The summed E-state index contributed by atoms with van der Waals surface area (Å²) in [6.07, 6.45) is 0. The van der Waals surface area contributed by atoms with E-state index in [1.54, 1.807) is 17.7 Å². The Morgan fingerprint density at radius 2 is 1.44 bits per heavy atom. The Balaban J connectivity index is 2.02. The zero-order valence-electron chi connectivity index (χ0n) is 15.3. The third-order valence-electron chi connectivity index (χ3n) is 4.99. The molecule has 0 spiro atoms. The van der Waals surface area contributed by atoms with Crippen molar-refractivity contribution in [1.82, 2.24) is 4.57 Å². The molecule has 0 unspecified atom stereocenters. The van der Waals surface area contributed by atoms with Gasteiger partial charge >= 0.3 is 0 Å². The summed E-state index contributed by atoms with van der Waals surface area (Å²) >= 11 is 0. The van der Waals surface area contributed by atoms with Crippen molar-refractivity contribution >= 4 is 16.7 Å². The van der Waals surface area contributed by atoms with Crippen LogP contribution in [0.4, 0.5) is 0 Å². The molecule has 4 rings (SSSR count). The Labute approximate surface area is 157 Å². The first-order valence-electron chi connectivity index (χ1n) is 8.86. The Morgan fingerprint density at radius 3 is 2.11 bits per heavy atom. The van der Waals surface area contributed by atoms with Gasteiger partial charge in [-0.2, -0.15) is 0 Å². The second kappa shape index (κ2) is 6.69. The third kappa shape index (κ3) is 2.87. The van der Waals surface area contributed by atoms with Crippen LogP contribution in [0.2, 0.25) is 0 Å². The van der Waals surface area contributed by atoms with Crippen LogP contribution in [0.15, 0.2) is 83.7 Å². The van der Waals surface area contributed by atoms with Crippen molar-refractivity contribution in [2.75, 3.05) is 0 Å². The van der Waals surface area contributed by atoms with E-state index in [9.17, 15) is 9.59 Å². The van der Waals surface area contributed by atoms with Crippen LogP contribution in [0.1, 0.15) is 21.5 Å². The van der Waals surface area contributed by atoms with Crippen LogP contribution < -0.4 is 5.56 Å². The topological polar surface area (TPSA) is 39.1 Å². The summed E-state index contributed by atoms with van der Waals surface area (Å²) in [5.41, 5.74) is 4.60. The molecule has 132 valence electrons. The van der Waals surface area contributed by atoms with Crippen molar-refractivity contribution in [3.63, 3.8) is 0 Å². The minimum Gasteiger partial charge on any atom is -0.311 e. The van der Waals surface area contributed by atoms with Gasteiger partial charge < -0.3 is 4.57 Å². The van der Waals surface area contributed by atoms with E-state index in [-0.39, 0.29) is 11.3 Å². The first kappa shape index (κ1) is 17.0. The summed E-state index contributed by atoms with van der Waals surface area (Å²) in [6.45, 7) is 1.84. The summed E-state index contributed by atoms with van der Waals surface area (Å²) < 4.78 is 1.65. The van der Waals surface area contributed by atoms with Gasteiger partial charge in [0, 0.05) is 29.1 Å². The molecule has 0 fully saturated rings. The van der Waals surface area contributed by atoms with Crippen molar-refractivity contribution in [3.05, 3.63) is 106 Å². The summed E-state index contributed by atoms with van der Waals surface area (Å²) in [5, 5.41) is 0.905. The molecule has 3 aromatic carbocycles. The van der Waals surface area contributed by atoms with Gasteiger partial charge in [-0.3, -0.25) is 9.59 Å². The minimum atomic E-state index is -0.0250. The number of nitrogens with zero attached hydrogens (tertiary/aromatic N) is 1. The van der Waals surface area contributed by atoms with Crippen LogP contribution in [-0.2, 0) is 7.05 Å². The lowest BCUT2D eigenvalue weighted by molar-refractivity contribution is 0.103. The molecule has 0 atom stereocenters. The predicted octanol–water partition coefficient (Wildman–Crippen LogP) is 4.74. The number of rotatable bonds is 3. The first-order valence-corrected chi connectivity index (χ1v) is 8.86. The van der Waals surface area contributed by atoms with Crippen molar-refractivity contribution < 1.29 is 4.79 Å². The molecule has 0 aliphatic carbocycles. The van der Waals surface area contributed by atoms with Crippen LogP contribution in [-0.4, -0.2) is 10.4 Å². The molecule has 0 aliphatic heterocycles. The Kier molecular flexibility index (Phi) is 4.21. The zero-order valence-corrected chi connectivity index (χ0v) is 15.3. The lowest BCUT2D eigenvalue weighted by Gasteiger charge is -2.15. The van der Waals surface area contributed by atoms with Crippen molar-refractivity contribution in [2.24, 2.45) is 7.05 Å². The number of pyridine rings is 1. The standard InChI is InChI=1S/C24H19NO2/c1-16-22(17-9-5-3-6-10-17)20-15-19(13-14-21(20)25(2)24(16)27)23(26)18-11-7-4-8-12-18/h3-15H,1-2H3. The average molecular weight is 353 g/mol. The maximum Gasteiger partial charge on any atom is 0.254 e. The molecule has 0 N–H and O–H groups in total. The van der Waals surface area contributed by atoms with Crippen molar-refractivity contribution in [2.45, 2.75) is 6.92 Å². The van der Waals surface area contributed by atoms with Crippen LogP contribution in [0.5, 0.6) is 0 Å². The highest BCUT2D eigenvalue weighted by Crippen LogP contribution is 2.31. The van der Waals surface area contributed by atoms with E-state index >= 15 is 0 Å². The molecular weight excluding hydrogens is 334 g/mol. The number of aryl methyl sites for hydroxylation is 1. The predicted molar refractivity (Wildman–Crippen MR) is 109 cm³/mol. The van der Waals surface area contributed by atoms with E-state index in [1.165, 1.54) is 0 Å². The summed E-state index contributed by atoms with van der Waals surface area (Å²) in [5.74, 6) is -0.0250. The van der Waals surface area contributed by atoms with Crippen LogP contribution in [0.25, 0.3) is 22.0 Å². The molecule has 0 saturated heterocycles. The maximum absolute atomic E-state index is 12.9. The van der Waals surface area contributed by atoms with Gasteiger partial charge in [-0.1, -0.05) is 60.7 Å². The summed E-state index contributed by atoms with van der Waals surface area (Å²) in [7, 11) is 1.77. The van der Waals surface area contributed by atoms with Crippen LogP contribution >= 0.6 is 0 Å². The number of carbonyl (C=O) groups excluding carboxylic acids is 1. The van der Waals surface area contributed by atoms with Crippen molar-refractivity contribution in [3.8, 4) is 11.1 Å². The highest BCUT2D eigenvalue weighted by atomic mass is 16.1. The second-order valence-electron chi connectivity index (χ2n) is 6.66. The molecule has 0 radical (unpaired) electrons. The van der Waals surface area contributed by atoms with Crippen LogP contribution in [0, 0.1) is 6.92 Å². The van der Waals surface area contributed by atoms with E-state index in [2.05, 4.69) is 0 Å². The van der Waals surface area contributed by atoms with Gasteiger partial charge in [-0.05, 0) is 36.2 Å². The first-order chi connectivity index (χ1) is 13.1. The number of hydrogen-bond acceptors (Lipinski definition) is 2. The van der Waals surface area contributed by atoms with Gasteiger partial charge in [0.15, 0.2) is 5.78 Å². The maximum atomic E-state index is 12.9. The van der Waals surface area contributed by atoms with E-state index in [1.807, 2.05) is 79.7 Å². The quantitative estimate of drug-likeness (QED) is 0.499. The van der Waals surface area contributed by atoms with Gasteiger partial charge in [0.2, 0.25) is 0 Å². The molecule has 0 amide bonds. The molecule has 27 heavy (non-hydrogen) atoms. The van der Waals surface area contributed by atoms with Gasteiger partial charge in [-0.25, -0.2) is 0 Å². The monoisotopic (exact) mass is 353 g/mol. The number of ketones is 1. The number of aromatic nitrogens is 1. The van der Waals surface area contributed by atoms with Crippen LogP contribution in [0.3, 0.4) is 0 Å². The Bertz CT molecular complexity index is 1210. The zero-order chi connectivity index (χ0) is 19.0. The van der Waals surface area contributed by atoms with Crippen molar-refractivity contribution in [1.29, 1.82) is 0 Å². The highest BCUT2D eigenvalue weighted by molar-refractivity contribution is 6.11. The summed E-state index contributed by atoms with van der Waals surface area (Å²) in [6, 6.07) is 24.6.